The normalized spacial score (nSPS) is 12.9. The molecule has 0 bridgehead atoms. The molecule has 0 saturated heterocycles. The standard InChI is InChI=1S/C25H30BrNO2/c1-16(14-27)23(28)18-12-19(24(2,3)4)20(25(5,6)7)13-22(18)29-15-17-10-8-9-11-21(17)26/h8-13,23,28H,1,15H2,2-7H3. The molecular weight excluding hydrogens is 426 g/mol. The van der Waals surface area contributed by atoms with E-state index in [-0.39, 0.29) is 16.4 Å². The van der Waals surface area contributed by atoms with Crippen LogP contribution in [0.15, 0.2) is 53.0 Å². The molecule has 0 aromatic heterocycles. The minimum atomic E-state index is -1.11. The molecule has 29 heavy (non-hydrogen) atoms. The molecule has 1 N–H and O–H groups in total. The Morgan fingerprint density at radius 2 is 1.66 bits per heavy atom. The van der Waals surface area contributed by atoms with Crippen molar-refractivity contribution >= 4 is 15.9 Å². The first-order valence-corrected chi connectivity index (χ1v) is 10.5. The van der Waals surface area contributed by atoms with Gasteiger partial charge in [-0.1, -0.05) is 82.3 Å². The van der Waals surface area contributed by atoms with E-state index in [0.29, 0.717) is 17.9 Å². The Balaban J connectivity index is 2.64. The van der Waals surface area contributed by atoms with Crippen LogP contribution in [0.2, 0.25) is 0 Å². The van der Waals surface area contributed by atoms with Crippen molar-refractivity contribution in [3.05, 3.63) is 75.3 Å². The lowest BCUT2D eigenvalue weighted by atomic mass is 9.74. The van der Waals surface area contributed by atoms with Gasteiger partial charge in [-0.05, 0) is 40.2 Å². The third kappa shape index (κ3) is 5.50. The number of nitrogens with zero attached hydrogens (tertiary/aromatic N) is 1. The summed E-state index contributed by atoms with van der Waals surface area (Å²) in [5.41, 5.74) is 3.71. The van der Waals surface area contributed by atoms with E-state index in [4.69, 9.17) is 4.74 Å². The van der Waals surface area contributed by atoms with Gasteiger partial charge in [-0.3, -0.25) is 0 Å². The second-order valence-electron chi connectivity index (χ2n) is 9.36. The summed E-state index contributed by atoms with van der Waals surface area (Å²) in [7, 11) is 0. The third-order valence-electron chi connectivity index (χ3n) is 4.88. The molecule has 0 fully saturated rings. The Kier molecular flexibility index (Phi) is 6.98. The van der Waals surface area contributed by atoms with E-state index in [2.05, 4.69) is 64.1 Å². The minimum Gasteiger partial charge on any atom is -0.488 e. The van der Waals surface area contributed by atoms with Gasteiger partial charge in [0.1, 0.15) is 18.5 Å². The van der Waals surface area contributed by atoms with Crippen LogP contribution in [0, 0.1) is 11.3 Å². The zero-order chi connectivity index (χ0) is 22.0. The van der Waals surface area contributed by atoms with Crippen LogP contribution in [-0.2, 0) is 17.4 Å². The SMILES string of the molecule is C=C(C#N)C(O)c1cc(C(C)(C)C)c(C(C)(C)C)cc1OCc1ccccc1Br. The molecule has 0 spiro atoms. The van der Waals surface area contributed by atoms with Crippen LogP contribution < -0.4 is 4.74 Å². The maximum atomic E-state index is 10.8. The van der Waals surface area contributed by atoms with Gasteiger partial charge in [0.2, 0.25) is 0 Å². The molecule has 4 heteroatoms. The number of nitriles is 1. The van der Waals surface area contributed by atoms with E-state index in [1.807, 2.05) is 42.5 Å². The van der Waals surface area contributed by atoms with Gasteiger partial charge < -0.3 is 9.84 Å². The fourth-order valence-corrected chi connectivity index (χ4v) is 3.60. The highest BCUT2D eigenvalue weighted by Crippen LogP contribution is 2.41. The zero-order valence-electron chi connectivity index (χ0n) is 18.1. The number of aliphatic hydroxyl groups excluding tert-OH is 1. The predicted molar refractivity (Wildman–Crippen MR) is 122 cm³/mol. The monoisotopic (exact) mass is 455 g/mol. The highest BCUT2D eigenvalue weighted by Gasteiger charge is 2.29. The second kappa shape index (κ2) is 8.73. The highest BCUT2D eigenvalue weighted by atomic mass is 79.9. The van der Waals surface area contributed by atoms with Crippen LogP contribution in [0.1, 0.15) is 69.9 Å². The molecule has 0 aliphatic rings. The van der Waals surface area contributed by atoms with E-state index in [1.165, 1.54) is 0 Å². The van der Waals surface area contributed by atoms with Gasteiger partial charge in [0, 0.05) is 15.6 Å². The Morgan fingerprint density at radius 3 is 2.17 bits per heavy atom. The first-order chi connectivity index (χ1) is 13.4. The summed E-state index contributed by atoms with van der Waals surface area (Å²) in [6.45, 7) is 17.0. The Hall–Kier alpha value is -2.09. The van der Waals surface area contributed by atoms with Crippen molar-refractivity contribution < 1.29 is 9.84 Å². The second-order valence-corrected chi connectivity index (χ2v) is 10.2. The lowest BCUT2D eigenvalue weighted by Crippen LogP contribution is -2.23. The molecule has 2 rings (SSSR count). The van der Waals surface area contributed by atoms with Crippen molar-refractivity contribution in [1.82, 2.24) is 0 Å². The lowest BCUT2D eigenvalue weighted by Gasteiger charge is -2.32. The van der Waals surface area contributed by atoms with Gasteiger partial charge >= 0.3 is 0 Å². The summed E-state index contributed by atoms with van der Waals surface area (Å²) in [6.07, 6.45) is -1.11. The molecular formula is C25H30BrNO2. The molecule has 1 unspecified atom stereocenters. The number of hydrogen-bond donors (Lipinski definition) is 1. The van der Waals surface area contributed by atoms with Crippen LogP contribution in [-0.4, -0.2) is 5.11 Å². The topological polar surface area (TPSA) is 53.2 Å². The number of rotatable bonds is 5. The largest absolute Gasteiger partial charge is 0.488 e. The molecule has 154 valence electrons. The zero-order valence-corrected chi connectivity index (χ0v) is 19.7. The van der Waals surface area contributed by atoms with Crippen LogP contribution in [0.5, 0.6) is 5.75 Å². The number of ether oxygens (including phenoxy) is 1. The van der Waals surface area contributed by atoms with E-state index >= 15 is 0 Å². The maximum Gasteiger partial charge on any atom is 0.126 e. The van der Waals surface area contributed by atoms with Gasteiger partial charge in [0.15, 0.2) is 0 Å². The minimum absolute atomic E-state index is 0.0964. The van der Waals surface area contributed by atoms with E-state index in [1.54, 1.807) is 0 Å². The molecule has 0 radical (unpaired) electrons. The number of benzene rings is 2. The van der Waals surface area contributed by atoms with Crippen molar-refractivity contribution in [3.8, 4) is 11.8 Å². The Labute approximate surface area is 183 Å². The molecule has 0 amide bonds. The number of halogens is 1. The lowest BCUT2D eigenvalue weighted by molar-refractivity contribution is 0.209. The molecule has 3 nitrogen and oxygen atoms in total. The summed E-state index contributed by atoms with van der Waals surface area (Å²) < 4.78 is 7.15. The summed E-state index contributed by atoms with van der Waals surface area (Å²) >= 11 is 3.55. The quantitative estimate of drug-likeness (QED) is 0.507. The molecule has 0 aliphatic carbocycles. The maximum absolute atomic E-state index is 10.8. The van der Waals surface area contributed by atoms with Crippen molar-refractivity contribution in [1.29, 1.82) is 5.26 Å². The molecule has 2 aromatic carbocycles. The summed E-state index contributed by atoms with van der Waals surface area (Å²) in [4.78, 5) is 0. The van der Waals surface area contributed by atoms with Crippen LogP contribution in [0.25, 0.3) is 0 Å². The average molecular weight is 456 g/mol. The average Bonchev–Trinajstić information content (AvgIpc) is 2.64. The van der Waals surface area contributed by atoms with Crippen LogP contribution in [0.4, 0.5) is 0 Å². The number of aliphatic hydroxyl groups is 1. The van der Waals surface area contributed by atoms with Crippen molar-refractivity contribution in [3.63, 3.8) is 0 Å². The van der Waals surface area contributed by atoms with Crippen molar-refractivity contribution in [2.75, 3.05) is 0 Å². The van der Waals surface area contributed by atoms with E-state index < -0.39 is 6.10 Å². The van der Waals surface area contributed by atoms with E-state index in [0.717, 1.165) is 21.2 Å². The molecule has 2 aromatic rings. The van der Waals surface area contributed by atoms with Crippen molar-refractivity contribution in [2.24, 2.45) is 0 Å². The molecule has 1 atom stereocenters. The molecule has 0 saturated carbocycles. The predicted octanol–water partition coefficient (Wildman–Crippen LogP) is 6.74. The number of hydrogen-bond acceptors (Lipinski definition) is 3. The van der Waals surface area contributed by atoms with Gasteiger partial charge in [-0.15, -0.1) is 0 Å². The highest BCUT2D eigenvalue weighted by molar-refractivity contribution is 9.10. The Bertz CT molecular complexity index is 943. The van der Waals surface area contributed by atoms with Gasteiger partial charge in [-0.25, -0.2) is 0 Å². The molecule has 0 aliphatic heterocycles. The van der Waals surface area contributed by atoms with Gasteiger partial charge in [-0.2, -0.15) is 5.26 Å². The molecule has 0 heterocycles. The Morgan fingerprint density at radius 1 is 1.10 bits per heavy atom. The summed E-state index contributed by atoms with van der Waals surface area (Å²) in [5.74, 6) is 0.572. The van der Waals surface area contributed by atoms with Crippen molar-refractivity contribution in [2.45, 2.75) is 65.1 Å². The van der Waals surface area contributed by atoms with Gasteiger partial charge in [0.05, 0.1) is 11.6 Å². The third-order valence-corrected chi connectivity index (χ3v) is 5.65. The fourth-order valence-electron chi connectivity index (χ4n) is 3.20. The summed E-state index contributed by atoms with van der Waals surface area (Å²) in [6, 6.07) is 13.8. The van der Waals surface area contributed by atoms with Crippen LogP contribution >= 0.6 is 15.9 Å². The van der Waals surface area contributed by atoms with Crippen LogP contribution in [0.3, 0.4) is 0 Å². The summed E-state index contributed by atoms with van der Waals surface area (Å²) in [5, 5.41) is 20.1. The first-order valence-electron chi connectivity index (χ1n) is 9.68. The van der Waals surface area contributed by atoms with E-state index in [9.17, 15) is 10.4 Å². The fraction of sp³-hybridized carbons (Fsp3) is 0.400. The van der Waals surface area contributed by atoms with Gasteiger partial charge in [0.25, 0.3) is 0 Å². The first kappa shape index (κ1) is 23.2. The smallest absolute Gasteiger partial charge is 0.126 e.